The maximum Gasteiger partial charge on any atom is 0.186 e. The minimum atomic E-state index is -3.04. The van der Waals surface area contributed by atoms with Gasteiger partial charge < -0.3 is 0 Å². The number of nitrogens with zero attached hydrogens (tertiary/aromatic N) is 1. The molecule has 0 radical (unpaired) electrons. The molecule has 0 aliphatic carbocycles. The fourth-order valence-electron chi connectivity index (χ4n) is 0.928. The van der Waals surface area contributed by atoms with E-state index in [-0.39, 0.29) is 5.75 Å². The fraction of sp³-hybridized carbons (Fsp3) is 0.167. The minimum absolute atomic E-state index is 0.0384. The zero-order chi connectivity index (χ0) is 7.90. The lowest BCUT2D eigenvalue weighted by Gasteiger charge is -2.03. The van der Waals surface area contributed by atoms with Gasteiger partial charge in [-0.15, -0.1) is 11.3 Å². The van der Waals surface area contributed by atoms with Gasteiger partial charge in [0.1, 0.15) is 9.90 Å². The average molecular weight is 187 g/mol. The molecular weight excluding hydrogens is 182 g/mol. The summed E-state index contributed by atoms with van der Waals surface area (Å²) in [7, 11) is -3.04. The molecule has 11 heavy (non-hydrogen) atoms. The van der Waals surface area contributed by atoms with Gasteiger partial charge in [-0.2, -0.15) is 0 Å². The summed E-state index contributed by atoms with van der Waals surface area (Å²) in [5, 5.41) is 2.35. The van der Waals surface area contributed by atoms with Gasteiger partial charge in [0.05, 0.1) is 5.75 Å². The average Bonchev–Trinajstić information content (AvgIpc) is 2.34. The molecule has 2 rings (SSSR count). The van der Waals surface area contributed by atoms with Crippen molar-refractivity contribution in [2.75, 3.05) is 5.75 Å². The van der Waals surface area contributed by atoms with Crippen LogP contribution >= 0.6 is 11.3 Å². The Kier molecular flexibility index (Phi) is 1.37. The summed E-state index contributed by atoms with van der Waals surface area (Å²) in [4.78, 5) is 4.34. The van der Waals surface area contributed by atoms with Crippen molar-refractivity contribution in [3.05, 3.63) is 11.4 Å². The third-order valence-corrected chi connectivity index (χ3v) is 3.98. The number of sulfone groups is 1. The lowest BCUT2D eigenvalue weighted by molar-refractivity contribution is 0.600. The van der Waals surface area contributed by atoms with Crippen molar-refractivity contribution in [2.45, 2.75) is 4.90 Å². The monoisotopic (exact) mass is 187 g/mol. The quantitative estimate of drug-likeness (QED) is 0.613. The van der Waals surface area contributed by atoms with E-state index in [1.807, 2.05) is 0 Å². The molecule has 1 aromatic rings. The van der Waals surface area contributed by atoms with Crippen LogP contribution < -0.4 is 0 Å². The molecule has 0 unspecified atom stereocenters. The van der Waals surface area contributed by atoms with Crippen LogP contribution in [0.15, 0.2) is 21.3 Å². The van der Waals surface area contributed by atoms with Crippen LogP contribution in [0.25, 0.3) is 0 Å². The highest BCUT2D eigenvalue weighted by Crippen LogP contribution is 2.32. The van der Waals surface area contributed by atoms with E-state index in [1.165, 1.54) is 17.6 Å². The predicted molar refractivity (Wildman–Crippen MR) is 44.5 cm³/mol. The third-order valence-electron chi connectivity index (χ3n) is 1.45. The Morgan fingerprint density at radius 2 is 2.36 bits per heavy atom. The number of hydrogen-bond donors (Lipinski definition) is 0. The van der Waals surface area contributed by atoms with Crippen LogP contribution in [0.3, 0.4) is 0 Å². The van der Waals surface area contributed by atoms with Gasteiger partial charge in [0.15, 0.2) is 9.84 Å². The van der Waals surface area contributed by atoms with Gasteiger partial charge in [-0.3, -0.25) is 0 Å². The van der Waals surface area contributed by atoms with E-state index >= 15 is 0 Å². The van der Waals surface area contributed by atoms with Crippen LogP contribution in [0, 0.1) is 0 Å². The molecule has 0 N–H and O–H groups in total. The van der Waals surface area contributed by atoms with Crippen molar-refractivity contribution in [1.82, 2.24) is 0 Å². The Hall–Kier alpha value is -0.680. The molecule has 1 aliphatic heterocycles. The molecule has 0 bridgehead atoms. The van der Waals surface area contributed by atoms with Gasteiger partial charge >= 0.3 is 0 Å². The largest absolute Gasteiger partial charge is 0.248 e. The second-order valence-electron chi connectivity index (χ2n) is 2.18. The second-order valence-corrected chi connectivity index (χ2v) is 5.08. The van der Waals surface area contributed by atoms with Crippen molar-refractivity contribution >= 4 is 32.4 Å². The normalized spacial score (nSPS) is 19.6. The molecule has 2 heterocycles. The fourth-order valence-corrected chi connectivity index (χ4v) is 3.24. The van der Waals surface area contributed by atoms with Crippen LogP contribution in [-0.2, 0) is 9.84 Å². The molecule has 58 valence electrons. The predicted octanol–water partition coefficient (Wildman–Crippen LogP) is 1.24. The van der Waals surface area contributed by atoms with E-state index in [2.05, 4.69) is 4.99 Å². The Balaban J connectivity index is 2.77. The van der Waals surface area contributed by atoms with Gasteiger partial charge in [0.2, 0.25) is 0 Å². The molecule has 1 aliphatic rings. The lowest BCUT2D eigenvalue weighted by Crippen LogP contribution is -2.09. The van der Waals surface area contributed by atoms with E-state index in [1.54, 1.807) is 11.4 Å². The molecule has 0 saturated carbocycles. The standard InChI is InChI=1S/C6H5NO2S2/c8-11(9)4-2-7-6-5(11)1-3-10-6/h1-3H,4H2. The smallest absolute Gasteiger partial charge is 0.186 e. The molecule has 0 saturated heterocycles. The molecule has 0 fully saturated rings. The highest BCUT2D eigenvalue weighted by atomic mass is 32.2. The number of hydrogen-bond acceptors (Lipinski definition) is 4. The Bertz CT molecular complexity index is 402. The molecular formula is C6H5NO2S2. The summed E-state index contributed by atoms with van der Waals surface area (Å²) in [5.74, 6) is 0.0384. The highest BCUT2D eigenvalue weighted by molar-refractivity contribution is 7.92. The molecule has 0 amide bonds. The van der Waals surface area contributed by atoms with Crippen LogP contribution in [0.2, 0.25) is 0 Å². The van der Waals surface area contributed by atoms with E-state index in [9.17, 15) is 8.42 Å². The maximum absolute atomic E-state index is 11.2. The highest BCUT2D eigenvalue weighted by Gasteiger charge is 2.21. The zero-order valence-corrected chi connectivity index (χ0v) is 7.15. The maximum atomic E-state index is 11.2. The lowest BCUT2D eigenvalue weighted by atomic mass is 10.6. The van der Waals surface area contributed by atoms with E-state index in [0.29, 0.717) is 9.90 Å². The van der Waals surface area contributed by atoms with Crippen LogP contribution in [0.1, 0.15) is 0 Å². The minimum Gasteiger partial charge on any atom is -0.248 e. The van der Waals surface area contributed by atoms with Crippen LogP contribution in [0.5, 0.6) is 0 Å². The Labute approximate surface area is 68.3 Å². The summed E-state index contributed by atoms with van der Waals surface area (Å²) in [6.07, 6.45) is 1.44. The van der Waals surface area contributed by atoms with Crippen molar-refractivity contribution in [2.24, 2.45) is 4.99 Å². The molecule has 0 spiro atoms. The molecule has 5 heteroatoms. The van der Waals surface area contributed by atoms with Gasteiger partial charge in [-0.25, -0.2) is 13.4 Å². The van der Waals surface area contributed by atoms with Crippen molar-refractivity contribution in [1.29, 1.82) is 0 Å². The van der Waals surface area contributed by atoms with Gasteiger partial charge in [0, 0.05) is 6.21 Å². The van der Waals surface area contributed by atoms with Crippen LogP contribution in [-0.4, -0.2) is 20.4 Å². The third kappa shape index (κ3) is 1.00. The number of thiophene rings is 1. The van der Waals surface area contributed by atoms with Gasteiger partial charge in [0.25, 0.3) is 0 Å². The summed E-state index contributed by atoms with van der Waals surface area (Å²) in [6, 6.07) is 1.60. The first-order chi connectivity index (χ1) is 5.20. The van der Waals surface area contributed by atoms with Gasteiger partial charge in [-0.1, -0.05) is 0 Å². The first kappa shape index (κ1) is 7.00. The van der Waals surface area contributed by atoms with Gasteiger partial charge in [-0.05, 0) is 11.4 Å². The zero-order valence-electron chi connectivity index (χ0n) is 5.52. The summed E-state index contributed by atoms with van der Waals surface area (Å²) >= 11 is 1.35. The molecule has 0 atom stereocenters. The number of rotatable bonds is 0. The Morgan fingerprint density at radius 3 is 3.09 bits per heavy atom. The van der Waals surface area contributed by atoms with Crippen LogP contribution in [0.4, 0.5) is 5.00 Å². The van der Waals surface area contributed by atoms with Crippen molar-refractivity contribution < 1.29 is 8.42 Å². The SMILES string of the molecule is O=S1(=O)CC=Nc2sccc21. The number of fused-ring (bicyclic) bond motifs is 1. The summed E-state index contributed by atoms with van der Waals surface area (Å²) in [6.45, 7) is 0. The Morgan fingerprint density at radius 1 is 1.55 bits per heavy atom. The van der Waals surface area contributed by atoms with E-state index in [0.717, 1.165) is 0 Å². The summed E-state index contributed by atoms with van der Waals surface area (Å²) in [5.41, 5.74) is 0. The molecule has 3 nitrogen and oxygen atoms in total. The number of aliphatic imine (C=N–C) groups is 1. The van der Waals surface area contributed by atoms with Crippen molar-refractivity contribution in [3.8, 4) is 0 Å². The van der Waals surface area contributed by atoms with E-state index < -0.39 is 9.84 Å². The van der Waals surface area contributed by atoms with E-state index in [4.69, 9.17) is 0 Å². The second kappa shape index (κ2) is 2.15. The summed E-state index contributed by atoms with van der Waals surface area (Å²) < 4.78 is 22.5. The molecule has 1 aromatic heterocycles. The van der Waals surface area contributed by atoms with Crippen molar-refractivity contribution in [3.63, 3.8) is 0 Å². The topological polar surface area (TPSA) is 46.5 Å². The first-order valence-corrected chi connectivity index (χ1v) is 5.56. The molecule has 0 aromatic carbocycles. The first-order valence-electron chi connectivity index (χ1n) is 3.03.